The minimum Gasteiger partial charge on any atom is -0.487 e. The summed E-state index contributed by atoms with van der Waals surface area (Å²) in [4.78, 5) is 24.6. The molecule has 2 aromatic carbocycles. The number of carbonyl (C=O) groups is 1. The maximum atomic E-state index is 13.8. The van der Waals surface area contributed by atoms with Crippen LogP contribution in [0.15, 0.2) is 47.3 Å². The van der Waals surface area contributed by atoms with Crippen molar-refractivity contribution in [3.63, 3.8) is 0 Å². The van der Waals surface area contributed by atoms with Crippen molar-refractivity contribution in [2.24, 2.45) is 0 Å². The second-order valence-electron chi connectivity index (χ2n) is 6.57. The third kappa shape index (κ3) is 4.19. The summed E-state index contributed by atoms with van der Waals surface area (Å²) in [5.41, 5.74) is 2.73. The number of carbonyl (C=O) groups excluding carboxylic acids is 1. The number of benzene rings is 2. The molecule has 0 aliphatic rings. The van der Waals surface area contributed by atoms with E-state index in [4.69, 9.17) is 21.5 Å². The first-order valence-corrected chi connectivity index (χ1v) is 9.15. The second-order valence-corrected chi connectivity index (χ2v) is 6.95. The molecule has 0 aliphatic heterocycles. The highest BCUT2D eigenvalue weighted by atomic mass is 35.5. The fourth-order valence-corrected chi connectivity index (χ4v) is 3.13. The summed E-state index contributed by atoms with van der Waals surface area (Å²) in [5, 5.41) is 8.61. The molecule has 2 N–H and O–H groups in total. The zero-order valence-electron chi connectivity index (χ0n) is 16.0. The maximum absolute atomic E-state index is 13.8. The Morgan fingerprint density at radius 2 is 1.90 bits per heavy atom. The Balaban J connectivity index is 2.00. The van der Waals surface area contributed by atoms with Gasteiger partial charge < -0.3 is 4.74 Å². The monoisotopic (exact) mass is 434 g/mol. The van der Waals surface area contributed by atoms with E-state index in [1.807, 2.05) is 0 Å². The van der Waals surface area contributed by atoms with E-state index in [-0.39, 0.29) is 28.5 Å². The van der Waals surface area contributed by atoms with E-state index >= 15 is 0 Å². The molecule has 0 aliphatic carbocycles. The lowest BCUT2D eigenvalue weighted by Gasteiger charge is -2.17. The van der Waals surface area contributed by atoms with Crippen molar-refractivity contribution in [3.8, 4) is 11.4 Å². The number of hydrogen-bond donors (Lipinski definition) is 2. The Hall–Kier alpha value is -3.23. The molecule has 9 heteroatoms. The van der Waals surface area contributed by atoms with Gasteiger partial charge in [0.1, 0.15) is 29.0 Å². The molecule has 0 saturated carbocycles. The van der Waals surface area contributed by atoms with E-state index in [2.05, 4.69) is 0 Å². The Morgan fingerprint density at radius 1 is 1.17 bits per heavy atom. The molecule has 3 aromatic rings. The quantitative estimate of drug-likeness (QED) is 0.468. The summed E-state index contributed by atoms with van der Waals surface area (Å²) in [5.74, 6) is -2.17. The van der Waals surface area contributed by atoms with Gasteiger partial charge in [0.15, 0.2) is 0 Å². The van der Waals surface area contributed by atoms with Gasteiger partial charge in [-0.3, -0.25) is 19.4 Å². The number of pyridine rings is 1. The van der Waals surface area contributed by atoms with Crippen LogP contribution >= 0.6 is 11.6 Å². The molecule has 0 fully saturated rings. The SMILES string of the molecule is Cc1ccc(C(=O)NO)cc1-n1c(C)cc(OCc2ccc(F)cc2F)c(Cl)c1=O. The van der Waals surface area contributed by atoms with E-state index < -0.39 is 23.1 Å². The van der Waals surface area contributed by atoms with Gasteiger partial charge in [-0.2, -0.15) is 0 Å². The Labute approximate surface area is 175 Å². The van der Waals surface area contributed by atoms with Gasteiger partial charge in [0.25, 0.3) is 11.5 Å². The summed E-state index contributed by atoms with van der Waals surface area (Å²) in [6.45, 7) is 3.14. The molecule has 156 valence electrons. The topological polar surface area (TPSA) is 80.6 Å². The minimum absolute atomic E-state index is 0.0426. The highest BCUT2D eigenvalue weighted by Crippen LogP contribution is 2.26. The molecule has 0 unspecified atom stereocenters. The van der Waals surface area contributed by atoms with Crippen LogP contribution in [0.3, 0.4) is 0 Å². The highest BCUT2D eigenvalue weighted by Gasteiger charge is 2.17. The van der Waals surface area contributed by atoms with Crippen molar-refractivity contribution < 1.29 is 23.5 Å². The molecular formula is C21H17ClF2N2O4. The summed E-state index contributed by atoms with van der Waals surface area (Å²) in [7, 11) is 0. The lowest BCUT2D eigenvalue weighted by Crippen LogP contribution is -2.24. The summed E-state index contributed by atoms with van der Waals surface area (Å²) in [6, 6.07) is 9.16. The van der Waals surface area contributed by atoms with Crippen LogP contribution < -0.4 is 15.8 Å². The van der Waals surface area contributed by atoms with Gasteiger partial charge in [-0.1, -0.05) is 17.7 Å². The number of ether oxygens (including phenoxy) is 1. The highest BCUT2D eigenvalue weighted by molar-refractivity contribution is 6.31. The number of hydrogen-bond acceptors (Lipinski definition) is 4. The van der Waals surface area contributed by atoms with E-state index in [0.717, 1.165) is 12.1 Å². The number of aryl methyl sites for hydroxylation is 2. The van der Waals surface area contributed by atoms with Crippen LogP contribution in [-0.2, 0) is 6.61 Å². The molecule has 30 heavy (non-hydrogen) atoms. The fourth-order valence-electron chi connectivity index (χ4n) is 2.94. The van der Waals surface area contributed by atoms with Gasteiger partial charge in [0.05, 0.1) is 5.69 Å². The Kier molecular flexibility index (Phi) is 6.19. The average molecular weight is 435 g/mol. The molecule has 1 aromatic heterocycles. The summed E-state index contributed by atoms with van der Waals surface area (Å²) in [6.07, 6.45) is 0. The molecule has 0 spiro atoms. The van der Waals surface area contributed by atoms with Crippen LogP contribution in [0.4, 0.5) is 8.78 Å². The predicted molar refractivity (Wildman–Crippen MR) is 106 cm³/mol. The lowest BCUT2D eigenvalue weighted by molar-refractivity contribution is 0.0706. The minimum atomic E-state index is -0.772. The van der Waals surface area contributed by atoms with E-state index in [9.17, 15) is 18.4 Å². The predicted octanol–water partition coefficient (Wildman–Crippen LogP) is 4.08. The molecule has 0 radical (unpaired) electrons. The van der Waals surface area contributed by atoms with E-state index in [1.54, 1.807) is 25.4 Å². The maximum Gasteiger partial charge on any atom is 0.277 e. The largest absolute Gasteiger partial charge is 0.487 e. The van der Waals surface area contributed by atoms with Gasteiger partial charge in [0, 0.05) is 29.0 Å². The van der Waals surface area contributed by atoms with Crippen LogP contribution in [0.2, 0.25) is 5.02 Å². The van der Waals surface area contributed by atoms with Gasteiger partial charge >= 0.3 is 0 Å². The van der Waals surface area contributed by atoms with Gasteiger partial charge in [0.2, 0.25) is 0 Å². The number of hydroxylamine groups is 1. The van der Waals surface area contributed by atoms with Crippen molar-refractivity contribution in [3.05, 3.63) is 91.9 Å². The molecule has 1 amide bonds. The standard InChI is InChI=1S/C21H17ClF2N2O4/c1-11-3-4-13(20(27)25-29)8-17(11)26-12(2)7-18(19(22)21(26)28)30-10-14-5-6-15(23)9-16(14)24/h3-9,29H,10H2,1-2H3,(H,25,27). The number of rotatable bonds is 5. The summed E-state index contributed by atoms with van der Waals surface area (Å²) < 4.78 is 33.6. The molecule has 0 saturated heterocycles. The zero-order valence-corrected chi connectivity index (χ0v) is 16.8. The molecule has 0 atom stereocenters. The number of amides is 1. The third-order valence-corrected chi connectivity index (χ3v) is 4.86. The Morgan fingerprint density at radius 3 is 2.57 bits per heavy atom. The first-order valence-electron chi connectivity index (χ1n) is 8.77. The normalized spacial score (nSPS) is 10.7. The lowest BCUT2D eigenvalue weighted by atomic mass is 10.1. The number of nitrogens with zero attached hydrogens (tertiary/aromatic N) is 1. The van der Waals surface area contributed by atoms with Crippen LogP contribution in [-0.4, -0.2) is 15.7 Å². The van der Waals surface area contributed by atoms with Crippen molar-refractivity contribution in [1.82, 2.24) is 10.0 Å². The fraction of sp³-hybridized carbons (Fsp3) is 0.143. The van der Waals surface area contributed by atoms with Crippen LogP contribution in [0.25, 0.3) is 5.69 Å². The second kappa shape index (κ2) is 8.64. The van der Waals surface area contributed by atoms with Crippen LogP contribution in [0.1, 0.15) is 27.2 Å². The molecule has 6 nitrogen and oxygen atoms in total. The van der Waals surface area contributed by atoms with Crippen molar-refractivity contribution in [1.29, 1.82) is 0 Å². The summed E-state index contributed by atoms with van der Waals surface area (Å²) >= 11 is 6.20. The third-order valence-electron chi connectivity index (χ3n) is 4.51. The molecule has 0 bridgehead atoms. The van der Waals surface area contributed by atoms with Crippen molar-refractivity contribution in [2.45, 2.75) is 20.5 Å². The van der Waals surface area contributed by atoms with Crippen molar-refractivity contribution in [2.75, 3.05) is 0 Å². The Bertz CT molecular complexity index is 1190. The number of nitrogens with one attached hydrogen (secondary N) is 1. The molecule has 1 heterocycles. The number of aromatic nitrogens is 1. The van der Waals surface area contributed by atoms with Gasteiger partial charge in [-0.15, -0.1) is 0 Å². The van der Waals surface area contributed by atoms with E-state index in [1.165, 1.54) is 28.8 Å². The molecular weight excluding hydrogens is 418 g/mol. The van der Waals surface area contributed by atoms with Crippen LogP contribution in [0, 0.1) is 25.5 Å². The van der Waals surface area contributed by atoms with Crippen molar-refractivity contribution >= 4 is 17.5 Å². The van der Waals surface area contributed by atoms with Gasteiger partial charge in [-0.05, 0) is 43.7 Å². The first-order chi connectivity index (χ1) is 14.2. The average Bonchev–Trinajstić information content (AvgIpc) is 2.71. The number of halogens is 3. The first kappa shape index (κ1) is 21.5. The smallest absolute Gasteiger partial charge is 0.277 e. The van der Waals surface area contributed by atoms with Crippen LogP contribution in [0.5, 0.6) is 5.75 Å². The zero-order chi connectivity index (χ0) is 22.0. The van der Waals surface area contributed by atoms with E-state index in [0.29, 0.717) is 16.9 Å². The van der Waals surface area contributed by atoms with Gasteiger partial charge in [-0.25, -0.2) is 14.3 Å². The molecule has 3 rings (SSSR count).